The average Bonchev–Trinajstić information content (AvgIpc) is 3.05. The van der Waals surface area contributed by atoms with E-state index in [0.29, 0.717) is 0 Å². The molecule has 0 heterocycles. The Balaban J connectivity index is -0.00000000356. The zero-order valence-electron chi connectivity index (χ0n) is 16.5. The van der Waals surface area contributed by atoms with Crippen LogP contribution in [0.15, 0.2) is 0 Å². The predicted molar refractivity (Wildman–Crippen MR) is 62.9 cm³/mol. The Kier molecular flexibility index (Phi) is 1430000. The van der Waals surface area contributed by atoms with Crippen LogP contribution in [-0.4, -0.2) is 0 Å². The fraction of sp³-hybridized carbons (Fsp3) is 0. The van der Waals surface area contributed by atoms with Crippen molar-refractivity contribution in [3.05, 3.63) is 106 Å². The van der Waals surface area contributed by atoms with Gasteiger partial charge in [0, 0.05) is 117 Å². The molecule has 0 aromatic carbocycles. The Labute approximate surface area is 295 Å². The van der Waals surface area contributed by atoms with Gasteiger partial charge in [-0.25, -0.2) is 0 Å². The van der Waals surface area contributed by atoms with Gasteiger partial charge in [-0.05, 0) is 0 Å². The van der Waals surface area contributed by atoms with Gasteiger partial charge >= 0.3 is 181 Å². The summed E-state index contributed by atoms with van der Waals surface area (Å²) in [5, 5.41) is 0. The van der Waals surface area contributed by atoms with Crippen LogP contribution in [0, 0.1) is 106 Å². The molecule has 0 spiro atoms. The quantitative estimate of drug-likeness (QED) is 0.167. The van der Waals surface area contributed by atoms with Gasteiger partial charge in [0.1, 0.15) is 0 Å². The van der Waals surface area contributed by atoms with Crippen LogP contribution >= 0.6 is 0 Å². The van der Waals surface area contributed by atoms with Crippen molar-refractivity contribution >= 4 is 0 Å². The summed E-state index contributed by atoms with van der Waals surface area (Å²) in [6.45, 7) is 72.0. The van der Waals surface area contributed by atoms with Gasteiger partial charge in [0.05, 0.1) is 0 Å². The molecule has 0 bridgehead atoms. The monoisotopic (exact) mass is 1070 g/mol. The van der Waals surface area contributed by atoms with E-state index in [-0.39, 0.29) is 117 Å². The van der Waals surface area contributed by atoms with Gasteiger partial charge in [-0.2, -0.15) is 0 Å². The Morgan fingerprint density at radius 2 is 0.105 bits per heavy atom. The zero-order valence-corrected chi connectivity index (χ0v) is 26.4. The Bertz CT molecular complexity index is 324. The van der Waals surface area contributed by atoms with Gasteiger partial charge in [0.25, 0.3) is 0 Å². The molecule has 6 radical (unpaired) electrons. The molecule has 0 aromatic rings. The standard InChI is InChI=1S/16CO.6Rh/c16*1-2;;;;;;. The minimum Gasteiger partial charge on any atom is 0 e. The van der Waals surface area contributed by atoms with Crippen LogP contribution in [-0.2, 0) is 191 Å². The average molecular weight is 1070 g/mol. The first-order valence-corrected chi connectivity index (χ1v) is 3.27. The van der Waals surface area contributed by atoms with Crippen LogP contribution in [0.1, 0.15) is 0 Å². The summed E-state index contributed by atoms with van der Waals surface area (Å²) in [6.07, 6.45) is 0. The number of hydrogen-bond acceptors (Lipinski definition) is 0. The van der Waals surface area contributed by atoms with E-state index in [2.05, 4.69) is 106 Å². The van der Waals surface area contributed by atoms with Gasteiger partial charge in [-0.15, -0.1) is 0 Å². The van der Waals surface area contributed by atoms with Crippen molar-refractivity contribution in [1.29, 1.82) is 0 Å². The maximum Gasteiger partial charge on any atom is 0 e. The SMILES string of the molecule is [C-]#[O+].[C-]#[O+].[C-]#[O+].[C-]#[O+].[C-]#[O+].[C-]#[O+].[C-]#[O+].[C-]#[O+].[C-]#[O+].[C-]#[O+].[C-]#[O+].[C-]#[O+].[C-]#[O+].[C-]#[O+].[C-]#[O+].[C-]#[O+].[Rh].[Rh].[Rh].[Rh].[Rh].[Rh]. The summed E-state index contributed by atoms with van der Waals surface area (Å²) >= 11 is 0. The van der Waals surface area contributed by atoms with E-state index in [0.717, 1.165) is 0 Å². The van der Waals surface area contributed by atoms with Crippen molar-refractivity contribution in [3.8, 4) is 0 Å². The van der Waals surface area contributed by atoms with E-state index in [4.69, 9.17) is 74.4 Å². The molecule has 22 heteroatoms. The van der Waals surface area contributed by atoms with Gasteiger partial charge in [-0.1, -0.05) is 0 Å². The minimum atomic E-state index is 0. The molecule has 0 aliphatic rings. The fourth-order valence-corrected chi connectivity index (χ4v) is 0. The van der Waals surface area contributed by atoms with E-state index in [9.17, 15) is 0 Å². The third kappa shape index (κ3) is 241000. The molecule has 0 aromatic heterocycles. The van der Waals surface area contributed by atoms with Crippen LogP contribution in [0.2, 0.25) is 0 Å². The van der Waals surface area contributed by atoms with Crippen molar-refractivity contribution in [3.63, 3.8) is 0 Å². The number of hydrogen-bond donors (Lipinski definition) is 0. The van der Waals surface area contributed by atoms with Gasteiger partial charge in [0.2, 0.25) is 0 Å². The van der Waals surface area contributed by atoms with E-state index < -0.39 is 0 Å². The summed E-state index contributed by atoms with van der Waals surface area (Å²) in [5.74, 6) is 0. The largest absolute Gasteiger partial charge is 0 e. The third-order valence-electron chi connectivity index (χ3n) is 0. The van der Waals surface area contributed by atoms with Gasteiger partial charge in [0.15, 0.2) is 0 Å². The smallest absolute Gasteiger partial charge is 0 e. The zero-order chi connectivity index (χ0) is 32.0. The molecule has 0 fully saturated rings. The number of rotatable bonds is 0. The minimum absolute atomic E-state index is 0. The Hall–Kier alpha value is -0.420. The summed E-state index contributed by atoms with van der Waals surface area (Å²) in [5.41, 5.74) is 0. The summed E-state index contributed by atoms with van der Waals surface area (Å²) < 4.78 is 120. The molecular formula is C16O16Rh6. The van der Waals surface area contributed by atoms with Crippen molar-refractivity contribution < 1.29 is 191 Å². The summed E-state index contributed by atoms with van der Waals surface area (Å²) in [4.78, 5) is 0. The first-order chi connectivity index (χ1) is 16.0. The van der Waals surface area contributed by atoms with Crippen LogP contribution < -0.4 is 0 Å². The van der Waals surface area contributed by atoms with Crippen LogP contribution in [0.4, 0.5) is 0 Å². The normalized spacial score (nSPS) is 0.842. The third-order valence-corrected chi connectivity index (χ3v) is 0. The molecule has 214 valence electrons. The van der Waals surface area contributed by atoms with E-state index in [1.54, 1.807) is 0 Å². The van der Waals surface area contributed by atoms with Crippen LogP contribution in [0.3, 0.4) is 0 Å². The first kappa shape index (κ1) is 207. The van der Waals surface area contributed by atoms with Crippen LogP contribution in [0.5, 0.6) is 0 Å². The Morgan fingerprint density at radius 1 is 0.105 bits per heavy atom. The van der Waals surface area contributed by atoms with Crippen LogP contribution in [0.25, 0.3) is 0 Å². The molecule has 0 N–H and O–H groups in total. The van der Waals surface area contributed by atoms with Gasteiger partial charge < -0.3 is 0 Å². The van der Waals surface area contributed by atoms with Crippen molar-refractivity contribution in [1.82, 2.24) is 0 Å². The maximum atomic E-state index is 7.50. The summed E-state index contributed by atoms with van der Waals surface area (Å²) in [6, 6.07) is 0. The maximum absolute atomic E-state index is 7.50. The van der Waals surface area contributed by atoms with Crippen molar-refractivity contribution in [2.75, 3.05) is 0 Å². The molecule has 0 aliphatic carbocycles. The molecule has 0 atom stereocenters. The topological polar surface area (TPSA) is 318 Å². The summed E-state index contributed by atoms with van der Waals surface area (Å²) in [7, 11) is 0. The second-order valence-corrected chi connectivity index (χ2v) is 0. The fourth-order valence-electron chi connectivity index (χ4n) is 0. The first-order valence-electron chi connectivity index (χ1n) is 3.27. The van der Waals surface area contributed by atoms with E-state index in [1.807, 2.05) is 0 Å². The predicted octanol–water partition coefficient (Wildman–Crippen LogP) is -0.615. The molecule has 0 saturated carbocycles. The van der Waals surface area contributed by atoms with E-state index >= 15 is 0 Å². The molecule has 0 unspecified atom stereocenters. The molecule has 0 saturated heterocycles. The second kappa shape index (κ2) is 263000. The van der Waals surface area contributed by atoms with E-state index in [1.165, 1.54) is 0 Å². The molecular weight excluding hydrogens is 1070 g/mol. The van der Waals surface area contributed by atoms with Gasteiger partial charge in [-0.3, -0.25) is 0 Å². The molecule has 0 amide bonds. The molecule has 0 rings (SSSR count). The Morgan fingerprint density at radius 3 is 0.105 bits per heavy atom. The van der Waals surface area contributed by atoms with Crippen molar-refractivity contribution in [2.24, 2.45) is 0 Å². The second-order valence-electron chi connectivity index (χ2n) is 0. The molecule has 16 nitrogen and oxygen atoms in total. The molecule has 0 aliphatic heterocycles. The van der Waals surface area contributed by atoms with Crippen molar-refractivity contribution in [2.45, 2.75) is 0 Å². The molecule has 38 heavy (non-hydrogen) atoms.